The third-order valence-corrected chi connectivity index (χ3v) is 4.66. The van der Waals surface area contributed by atoms with E-state index in [4.69, 9.17) is 9.73 Å². The van der Waals surface area contributed by atoms with Gasteiger partial charge >= 0.3 is 0 Å². The minimum Gasteiger partial charge on any atom is -0.373 e. The molecule has 8 heteroatoms. The van der Waals surface area contributed by atoms with Crippen LogP contribution >= 0.6 is 24.0 Å². The SMILES string of the molecule is CCNC(=NCC(C)(C)N1CC(C)OC(C)C1)NCCCn1cccn1.I. The van der Waals surface area contributed by atoms with Gasteiger partial charge in [-0.3, -0.25) is 14.6 Å². The van der Waals surface area contributed by atoms with Gasteiger partial charge in [-0.25, -0.2) is 0 Å². The molecule has 7 nitrogen and oxygen atoms in total. The van der Waals surface area contributed by atoms with Crippen LogP contribution in [0.15, 0.2) is 23.5 Å². The predicted molar refractivity (Wildman–Crippen MR) is 122 cm³/mol. The highest BCUT2D eigenvalue weighted by Gasteiger charge is 2.33. The Labute approximate surface area is 181 Å². The first-order valence-corrected chi connectivity index (χ1v) is 9.81. The van der Waals surface area contributed by atoms with Gasteiger partial charge < -0.3 is 15.4 Å². The van der Waals surface area contributed by atoms with Crippen LogP contribution in [-0.4, -0.2) is 71.1 Å². The Kier molecular flexibility index (Phi) is 10.6. The van der Waals surface area contributed by atoms with E-state index in [9.17, 15) is 0 Å². The molecule has 0 amide bonds. The lowest BCUT2D eigenvalue weighted by Gasteiger charge is -2.44. The van der Waals surface area contributed by atoms with E-state index < -0.39 is 0 Å². The molecule has 2 unspecified atom stereocenters. The molecular formula is C19H37IN6O. The zero-order valence-corrected chi connectivity index (χ0v) is 19.8. The van der Waals surface area contributed by atoms with Crippen molar-refractivity contribution >= 4 is 29.9 Å². The Morgan fingerprint density at radius 3 is 2.56 bits per heavy atom. The fourth-order valence-corrected chi connectivity index (χ4v) is 3.27. The zero-order chi connectivity index (χ0) is 19.0. The molecule has 0 aliphatic carbocycles. The number of rotatable bonds is 8. The predicted octanol–water partition coefficient (Wildman–Crippen LogP) is 2.33. The molecule has 27 heavy (non-hydrogen) atoms. The summed E-state index contributed by atoms with van der Waals surface area (Å²) in [5, 5.41) is 11.0. The molecule has 2 N–H and O–H groups in total. The number of ether oxygens (including phenoxy) is 1. The summed E-state index contributed by atoms with van der Waals surface area (Å²) < 4.78 is 7.82. The Morgan fingerprint density at radius 1 is 1.26 bits per heavy atom. The summed E-state index contributed by atoms with van der Waals surface area (Å²) in [5.74, 6) is 0.885. The van der Waals surface area contributed by atoms with Gasteiger partial charge in [-0.1, -0.05) is 0 Å². The molecule has 156 valence electrons. The maximum absolute atomic E-state index is 5.86. The van der Waals surface area contributed by atoms with Crippen LogP contribution in [0, 0.1) is 0 Å². The van der Waals surface area contributed by atoms with Gasteiger partial charge in [-0.05, 0) is 47.1 Å². The third-order valence-electron chi connectivity index (χ3n) is 4.66. The average molecular weight is 492 g/mol. The van der Waals surface area contributed by atoms with E-state index in [1.165, 1.54) is 0 Å². The summed E-state index contributed by atoms with van der Waals surface area (Å²) >= 11 is 0. The van der Waals surface area contributed by atoms with E-state index >= 15 is 0 Å². The van der Waals surface area contributed by atoms with Crippen LogP contribution in [0.5, 0.6) is 0 Å². The fraction of sp³-hybridized carbons (Fsp3) is 0.789. The monoisotopic (exact) mass is 492 g/mol. The quantitative estimate of drug-likeness (QED) is 0.253. The molecule has 1 aromatic rings. The van der Waals surface area contributed by atoms with Crippen LogP contribution in [-0.2, 0) is 11.3 Å². The first-order valence-electron chi connectivity index (χ1n) is 9.81. The topological polar surface area (TPSA) is 66.7 Å². The number of hydrogen-bond acceptors (Lipinski definition) is 4. The number of aliphatic imine (C=N–C) groups is 1. The van der Waals surface area contributed by atoms with Crippen LogP contribution in [0.4, 0.5) is 0 Å². The second-order valence-corrected chi connectivity index (χ2v) is 7.72. The highest BCUT2D eigenvalue weighted by atomic mass is 127. The highest BCUT2D eigenvalue weighted by Crippen LogP contribution is 2.21. The minimum absolute atomic E-state index is 0. The van der Waals surface area contributed by atoms with Gasteiger partial charge in [0.25, 0.3) is 0 Å². The number of nitrogens with one attached hydrogen (secondary N) is 2. The van der Waals surface area contributed by atoms with Crippen molar-refractivity contribution in [1.29, 1.82) is 0 Å². The highest BCUT2D eigenvalue weighted by molar-refractivity contribution is 14.0. The van der Waals surface area contributed by atoms with E-state index in [0.29, 0.717) is 0 Å². The lowest BCUT2D eigenvalue weighted by atomic mass is 10.0. The van der Waals surface area contributed by atoms with Gasteiger partial charge in [0.05, 0.1) is 18.8 Å². The number of morpholine rings is 1. The summed E-state index contributed by atoms with van der Waals surface area (Å²) in [6.45, 7) is 16.2. The first-order chi connectivity index (χ1) is 12.4. The molecule has 2 atom stereocenters. The lowest BCUT2D eigenvalue weighted by molar-refractivity contribution is -0.0939. The molecule has 1 aliphatic rings. The van der Waals surface area contributed by atoms with Gasteiger partial charge in [-0.15, -0.1) is 24.0 Å². The van der Waals surface area contributed by atoms with Crippen LogP contribution in [0.1, 0.15) is 41.0 Å². The summed E-state index contributed by atoms with van der Waals surface area (Å²) in [6, 6.07) is 1.95. The Hall–Kier alpha value is -0.870. The smallest absolute Gasteiger partial charge is 0.191 e. The Morgan fingerprint density at radius 2 is 1.96 bits per heavy atom. The number of aromatic nitrogens is 2. The van der Waals surface area contributed by atoms with Gasteiger partial charge in [0.2, 0.25) is 0 Å². The molecule has 0 spiro atoms. The molecular weight excluding hydrogens is 455 g/mol. The van der Waals surface area contributed by atoms with Crippen molar-refractivity contribution in [3.8, 4) is 0 Å². The van der Waals surface area contributed by atoms with Crippen LogP contribution in [0.3, 0.4) is 0 Å². The minimum atomic E-state index is 0. The summed E-state index contributed by atoms with van der Waals surface area (Å²) in [4.78, 5) is 7.33. The number of hydrogen-bond donors (Lipinski definition) is 2. The maximum atomic E-state index is 5.86. The van der Waals surface area contributed by atoms with Crippen LogP contribution < -0.4 is 10.6 Å². The molecule has 2 heterocycles. The van der Waals surface area contributed by atoms with E-state index in [1.807, 2.05) is 23.1 Å². The van der Waals surface area contributed by atoms with E-state index in [2.05, 4.69) is 55.3 Å². The largest absolute Gasteiger partial charge is 0.373 e. The summed E-state index contributed by atoms with van der Waals surface area (Å²) in [6.07, 6.45) is 5.36. The van der Waals surface area contributed by atoms with Crippen molar-refractivity contribution in [3.63, 3.8) is 0 Å². The second-order valence-electron chi connectivity index (χ2n) is 7.72. The van der Waals surface area contributed by atoms with E-state index in [-0.39, 0.29) is 41.7 Å². The average Bonchev–Trinajstić information content (AvgIpc) is 3.09. The Bertz CT molecular complexity index is 538. The lowest BCUT2D eigenvalue weighted by Crippen LogP contribution is -2.56. The fourth-order valence-electron chi connectivity index (χ4n) is 3.27. The number of guanidine groups is 1. The van der Waals surface area contributed by atoms with E-state index in [0.717, 1.165) is 51.6 Å². The molecule has 2 rings (SSSR count). The molecule has 0 bridgehead atoms. The molecule has 0 saturated carbocycles. The zero-order valence-electron chi connectivity index (χ0n) is 17.4. The maximum Gasteiger partial charge on any atom is 0.191 e. The van der Waals surface area contributed by atoms with Gasteiger partial charge in [0, 0.05) is 50.7 Å². The van der Waals surface area contributed by atoms with Gasteiger partial charge in [0.1, 0.15) is 0 Å². The van der Waals surface area contributed by atoms with Crippen molar-refractivity contribution in [2.45, 2.75) is 65.3 Å². The normalized spacial score (nSPS) is 21.6. The van der Waals surface area contributed by atoms with Crippen molar-refractivity contribution < 1.29 is 4.74 Å². The van der Waals surface area contributed by atoms with Crippen molar-refractivity contribution in [3.05, 3.63) is 18.5 Å². The molecule has 1 aliphatic heterocycles. The molecule has 1 aromatic heterocycles. The standard InChI is InChI=1S/C19H36N6O.HI/c1-6-20-18(21-9-7-11-25-12-8-10-23-25)22-15-19(4,5)24-13-16(2)26-17(3)14-24;/h8,10,12,16-17H,6-7,9,11,13-15H2,1-5H3,(H2,20,21,22);1H. The van der Waals surface area contributed by atoms with Gasteiger partial charge in [0.15, 0.2) is 5.96 Å². The van der Waals surface area contributed by atoms with Crippen molar-refractivity contribution in [1.82, 2.24) is 25.3 Å². The summed E-state index contributed by atoms with van der Waals surface area (Å²) in [5.41, 5.74) is 0.00368. The third kappa shape index (κ3) is 8.35. The summed E-state index contributed by atoms with van der Waals surface area (Å²) in [7, 11) is 0. The number of halogens is 1. The van der Waals surface area contributed by atoms with Crippen molar-refractivity contribution in [2.24, 2.45) is 4.99 Å². The van der Waals surface area contributed by atoms with Gasteiger partial charge in [-0.2, -0.15) is 5.10 Å². The first kappa shape index (κ1) is 24.2. The number of aryl methyl sites for hydroxylation is 1. The Balaban J connectivity index is 0.00000364. The molecule has 1 saturated heterocycles. The van der Waals surface area contributed by atoms with Crippen LogP contribution in [0.25, 0.3) is 0 Å². The molecule has 0 aromatic carbocycles. The van der Waals surface area contributed by atoms with E-state index in [1.54, 1.807) is 0 Å². The molecule has 0 radical (unpaired) electrons. The van der Waals surface area contributed by atoms with Crippen molar-refractivity contribution in [2.75, 3.05) is 32.7 Å². The van der Waals surface area contributed by atoms with Crippen LogP contribution in [0.2, 0.25) is 0 Å². The molecule has 1 fully saturated rings. The second kappa shape index (κ2) is 11.9. The number of nitrogens with zero attached hydrogens (tertiary/aromatic N) is 4.